The molecule has 1 aromatic carbocycles. The Morgan fingerprint density at radius 3 is 2.76 bits per heavy atom. The number of nitro groups is 1. The lowest BCUT2D eigenvalue weighted by Gasteiger charge is -2.07. The van der Waals surface area contributed by atoms with Gasteiger partial charge in [0.15, 0.2) is 0 Å². The second-order valence-corrected chi connectivity index (χ2v) is 4.08. The zero-order valence-electron chi connectivity index (χ0n) is 9.50. The number of hydrogen-bond acceptors (Lipinski definition) is 3. The third kappa shape index (κ3) is 3.85. The minimum atomic E-state index is -0.657. The van der Waals surface area contributed by atoms with E-state index in [4.69, 9.17) is 11.6 Å². The van der Waals surface area contributed by atoms with E-state index in [1.165, 1.54) is 0 Å². The van der Waals surface area contributed by atoms with Crippen molar-refractivity contribution in [1.29, 1.82) is 0 Å². The van der Waals surface area contributed by atoms with E-state index in [0.717, 1.165) is 31.4 Å². The molecule has 1 rings (SSSR count). The van der Waals surface area contributed by atoms with Gasteiger partial charge in [0.1, 0.15) is 11.5 Å². The molecule has 0 saturated heterocycles. The van der Waals surface area contributed by atoms with E-state index in [1.54, 1.807) is 0 Å². The molecule has 1 aromatic rings. The quantitative estimate of drug-likeness (QED) is 0.478. The summed E-state index contributed by atoms with van der Waals surface area (Å²) in [4.78, 5) is 10.2. The highest BCUT2D eigenvalue weighted by atomic mass is 35.5. The Balaban J connectivity index is 2.81. The zero-order chi connectivity index (χ0) is 12.8. The minimum Gasteiger partial charge on any atom is -0.379 e. The highest BCUT2D eigenvalue weighted by Gasteiger charge is 2.17. The number of rotatable bonds is 6. The van der Waals surface area contributed by atoms with Gasteiger partial charge in [-0.2, -0.15) is 0 Å². The zero-order valence-corrected chi connectivity index (χ0v) is 10.3. The van der Waals surface area contributed by atoms with Crippen LogP contribution in [0.4, 0.5) is 15.8 Å². The summed E-state index contributed by atoms with van der Waals surface area (Å²) in [5.74, 6) is -0.657. The number of benzene rings is 1. The van der Waals surface area contributed by atoms with Crippen LogP contribution in [-0.4, -0.2) is 11.5 Å². The molecule has 0 aliphatic heterocycles. The average Bonchev–Trinajstić information content (AvgIpc) is 2.28. The van der Waals surface area contributed by atoms with Crippen LogP contribution in [0.1, 0.15) is 26.2 Å². The van der Waals surface area contributed by atoms with Crippen LogP contribution in [0.15, 0.2) is 12.1 Å². The molecule has 4 nitrogen and oxygen atoms in total. The maximum Gasteiger partial charge on any atom is 0.294 e. The molecule has 1 N–H and O–H groups in total. The summed E-state index contributed by atoms with van der Waals surface area (Å²) in [5, 5.41) is 13.4. The van der Waals surface area contributed by atoms with E-state index >= 15 is 0 Å². The average molecular weight is 261 g/mol. The van der Waals surface area contributed by atoms with Crippen molar-refractivity contribution in [2.24, 2.45) is 0 Å². The van der Waals surface area contributed by atoms with Gasteiger partial charge in [-0.15, -0.1) is 0 Å². The van der Waals surface area contributed by atoms with Crippen molar-refractivity contribution in [1.82, 2.24) is 0 Å². The molecule has 0 aliphatic carbocycles. The Labute approximate surface area is 104 Å². The lowest BCUT2D eigenvalue weighted by atomic mass is 10.2. The molecular weight excluding hydrogens is 247 g/mol. The van der Waals surface area contributed by atoms with E-state index in [0.29, 0.717) is 6.54 Å². The highest BCUT2D eigenvalue weighted by Crippen LogP contribution is 2.30. The number of anilines is 1. The van der Waals surface area contributed by atoms with Crippen LogP contribution in [-0.2, 0) is 0 Å². The van der Waals surface area contributed by atoms with Crippen LogP contribution in [0.3, 0.4) is 0 Å². The van der Waals surface area contributed by atoms with Gasteiger partial charge in [-0.1, -0.05) is 31.4 Å². The maximum absolute atomic E-state index is 13.2. The summed E-state index contributed by atoms with van der Waals surface area (Å²) in [6.45, 7) is 2.64. The predicted octanol–water partition coefficient (Wildman–Crippen LogP) is 3.99. The van der Waals surface area contributed by atoms with Crippen molar-refractivity contribution < 1.29 is 9.31 Å². The number of halogens is 2. The molecule has 0 radical (unpaired) electrons. The van der Waals surface area contributed by atoms with Gasteiger partial charge < -0.3 is 5.32 Å². The second kappa shape index (κ2) is 6.39. The topological polar surface area (TPSA) is 55.2 Å². The van der Waals surface area contributed by atoms with Gasteiger partial charge in [-0.05, 0) is 6.42 Å². The molecule has 94 valence electrons. The second-order valence-electron chi connectivity index (χ2n) is 3.67. The maximum atomic E-state index is 13.2. The fraction of sp³-hybridized carbons (Fsp3) is 0.455. The fourth-order valence-electron chi connectivity index (χ4n) is 1.43. The Hall–Kier alpha value is -1.36. The smallest absolute Gasteiger partial charge is 0.294 e. The number of unbranched alkanes of at least 4 members (excludes halogenated alkanes) is 2. The predicted molar refractivity (Wildman–Crippen MR) is 66.1 cm³/mol. The number of nitrogens with zero attached hydrogens (tertiary/aromatic N) is 1. The van der Waals surface area contributed by atoms with Crippen LogP contribution < -0.4 is 5.32 Å². The van der Waals surface area contributed by atoms with Crippen LogP contribution in [0.5, 0.6) is 0 Å². The third-order valence-corrected chi connectivity index (χ3v) is 2.62. The molecule has 0 atom stereocenters. The van der Waals surface area contributed by atoms with Crippen molar-refractivity contribution in [2.45, 2.75) is 26.2 Å². The summed E-state index contributed by atoms with van der Waals surface area (Å²) < 4.78 is 13.2. The van der Waals surface area contributed by atoms with E-state index in [-0.39, 0.29) is 16.4 Å². The van der Waals surface area contributed by atoms with Crippen molar-refractivity contribution in [3.05, 3.63) is 33.1 Å². The van der Waals surface area contributed by atoms with Crippen LogP contribution >= 0.6 is 11.6 Å². The largest absolute Gasteiger partial charge is 0.379 e. The Bertz CT molecular complexity index is 413. The van der Waals surface area contributed by atoms with Crippen molar-refractivity contribution >= 4 is 23.0 Å². The first-order valence-corrected chi connectivity index (χ1v) is 5.81. The molecular formula is C11H14ClFN2O2. The minimum absolute atomic E-state index is 0.174. The normalized spacial score (nSPS) is 10.3. The summed E-state index contributed by atoms with van der Waals surface area (Å²) in [6.07, 6.45) is 2.97. The summed E-state index contributed by atoms with van der Waals surface area (Å²) in [5.41, 5.74) is -0.0269. The van der Waals surface area contributed by atoms with E-state index in [2.05, 4.69) is 12.2 Å². The molecule has 0 fully saturated rings. The van der Waals surface area contributed by atoms with E-state index in [1.807, 2.05) is 0 Å². The van der Waals surface area contributed by atoms with Gasteiger partial charge >= 0.3 is 0 Å². The Kier molecular flexibility index (Phi) is 5.15. The molecule has 0 unspecified atom stereocenters. The summed E-state index contributed by atoms with van der Waals surface area (Å²) >= 11 is 5.51. The van der Waals surface area contributed by atoms with E-state index in [9.17, 15) is 14.5 Å². The molecule has 0 aliphatic rings. The number of nitrogens with one attached hydrogen (secondary N) is 1. The molecule has 0 amide bonds. The molecule has 0 heterocycles. The summed E-state index contributed by atoms with van der Waals surface area (Å²) in [7, 11) is 0. The van der Waals surface area contributed by atoms with Crippen molar-refractivity contribution in [3.8, 4) is 0 Å². The van der Waals surface area contributed by atoms with Crippen molar-refractivity contribution in [3.63, 3.8) is 0 Å². The first kappa shape index (κ1) is 13.7. The summed E-state index contributed by atoms with van der Waals surface area (Å²) in [6, 6.07) is 2.09. The van der Waals surface area contributed by atoms with Gasteiger partial charge in [0.2, 0.25) is 0 Å². The van der Waals surface area contributed by atoms with Crippen LogP contribution in [0, 0.1) is 15.9 Å². The lowest BCUT2D eigenvalue weighted by molar-refractivity contribution is -0.384. The van der Waals surface area contributed by atoms with Crippen molar-refractivity contribution in [2.75, 3.05) is 11.9 Å². The number of nitro benzene ring substituents is 1. The van der Waals surface area contributed by atoms with Crippen LogP contribution in [0.25, 0.3) is 0 Å². The van der Waals surface area contributed by atoms with Gasteiger partial charge in [0.25, 0.3) is 5.69 Å². The fourth-order valence-corrected chi connectivity index (χ4v) is 1.58. The molecule has 0 aromatic heterocycles. The first-order chi connectivity index (χ1) is 8.06. The van der Waals surface area contributed by atoms with Crippen LogP contribution in [0.2, 0.25) is 5.02 Å². The van der Waals surface area contributed by atoms with E-state index < -0.39 is 10.7 Å². The Morgan fingerprint density at radius 1 is 1.47 bits per heavy atom. The number of hydrogen-bond donors (Lipinski definition) is 1. The molecule has 0 bridgehead atoms. The third-order valence-electron chi connectivity index (χ3n) is 2.33. The molecule has 0 spiro atoms. The molecule has 0 saturated carbocycles. The highest BCUT2D eigenvalue weighted by molar-refractivity contribution is 6.31. The molecule has 6 heteroatoms. The lowest BCUT2D eigenvalue weighted by Crippen LogP contribution is -2.05. The molecule has 17 heavy (non-hydrogen) atoms. The first-order valence-electron chi connectivity index (χ1n) is 5.43. The monoisotopic (exact) mass is 260 g/mol. The van der Waals surface area contributed by atoms with Gasteiger partial charge in [0.05, 0.1) is 9.95 Å². The standard InChI is InChI=1S/C11H14ClFN2O2/c1-2-3-4-5-14-10-7-9(13)8(12)6-11(10)15(16)17/h6-7,14H,2-5H2,1H3. The van der Waals surface area contributed by atoms with Gasteiger partial charge in [-0.25, -0.2) is 4.39 Å². The Morgan fingerprint density at radius 2 is 2.18 bits per heavy atom. The van der Waals surface area contributed by atoms with Gasteiger partial charge in [0, 0.05) is 18.7 Å². The van der Waals surface area contributed by atoms with Gasteiger partial charge in [-0.3, -0.25) is 10.1 Å². The SMILES string of the molecule is CCCCCNc1cc(F)c(Cl)cc1[N+](=O)[O-].